The van der Waals surface area contributed by atoms with Gasteiger partial charge in [0.15, 0.2) is 9.84 Å². The van der Waals surface area contributed by atoms with E-state index in [1.165, 1.54) is 0 Å². The molecule has 0 bridgehead atoms. The molecule has 2 atom stereocenters. The van der Waals surface area contributed by atoms with E-state index < -0.39 is 27.3 Å². The van der Waals surface area contributed by atoms with E-state index in [1.54, 1.807) is 6.07 Å². The van der Waals surface area contributed by atoms with Gasteiger partial charge in [-0.05, 0) is 65.4 Å². The van der Waals surface area contributed by atoms with E-state index in [9.17, 15) is 18.6 Å². The fourth-order valence-electron chi connectivity index (χ4n) is 6.07. The fourth-order valence-corrected chi connectivity index (χ4v) is 8.26. The summed E-state index contributed by atoms with van der Waals surface area (Å²) in [6, 6.07) is 20.9. The maximum Gasteiger partial charge on any atom is 0.179 e. The molecule has 0 unspecified atom stereocenters. The van der Waals surface area contributed by atoms with Crippen LogP contribution < -0.4 is 9.64 Å². The van der Waals surface area contributed by atoms with Crippen LogP contribution in [0, 0.1) is 5.41 Å². The third-order valence-corrected chi connectivity index (χ3v) is 10.5. The second-order valence-electron chi connectivity index (χ2n) is 11.7. The van der Waals surface area contributed by atoms with E-state index in [0.717, 1.165) is 48.1 Å². The minimum absolute atomic E-state index is 0.00819. The number of hydrogen-bond donors (Lipinski definition) is 2. The zero-order chi connectivity index (χ0) is 29.6. The molecule has 41 heavy (non-hydrogen) atoms. The Kier molecular flexibility index (Phi) is 10.2. The molecule has 0 aliphatic carbocycles. The van der Waals surface area contributed by atoms with Crippen molar-refractivity contribution in [3.8, 4) is 5.75 Å². The van der Waals surface area contributed by atoms with Crippen LogP contribution in [0.5, 0.6) is 5.75 Å². The van der Waals surface area contributed by atoms with Crippen molar-refractivity contribution in [2.24, 2.45) is 5.41 Å². The highest BCUT2D eigenvalue weighted by Crippen LogP contribution is 2.50. The molecule has 222 valence electrons. The molecule has 0 amide bonds. The number of nitrogens with zero attached hydrogens (tertiary/aromatic N) is 1. The van der Waals surface area contributed by atoms with Gasteiger partial charge in [0, 0.05) is 31.1 Å². The van der Waals surface area contributed by atoms with Gasteiger partial charge in [-0.2, -0.15) is 0 Å². The number of fused-ring (bicyclic) bond motifs is 1. The third-order valence-electron chi connectivity index (χ3n) is 8.51. The summed E-state index contributed by atoms with van der Waals surface area (Å²) in [5, 5.41) is 21.6. The van der Waals surface area contributed by atoms with Crippen molar-refractivity contribution in [1.82, 2.24) is 0 Å². The molecule has 1 aliphatic rings. The molecular weight excluding hydrogens is 534 g/mol. The van der Waals surface area contributed by atoms with E-state index in [-0.39, 0.29) is 12.4 Å². The van der Waals surface area contributed by atoms with Crippen LogP contribution in [0.2, 0.25) is 0 Å². The lowest BCUT2D eigenvalue weighted by atomic mass is 9.68. The summed E-state index contributed by atoms with van der Waals surface area (Å²) >= 11 is 0. The Balaban J connectivity index is 1.75. The van der Waals surface area contributed by atoms with Gasteiger partial charge in [0.2, 0.25) is 0 Å². The molecule has 0 fully saturated rings. The summed E-state index contributed by atoms with van der Waals surface area (Å²) in [6.07, 6.45) is 4.11. The van der Waals surface area contributed by atoms with E-state index in [2.05, 4.69) is 13.8 Å². The number of aliphatic hydroxyl groups excluding tert-OH is 2. The van der Waals surface area contributed by atoms with Crippen LogP contribution in [0.15, 0.2) is 71.6 Å². The van der Waals surface area contributed by atoms with E-state index >= 15 is 0 Å². The number of anilines is 1. The Labute approximate surface area is 245 Å². The predicted octanol–water partition coefficient (Wildman–Crippen LogP) is 6.47. The maximum absolute atomic E-state index is 14.0. The Morgan fingerprint density at radius 3 is 2.07 bits per heavy atom. The molecular formula is C34H45NO5S. The van der Waals surface area contributed by atoms with Crippen molar-refractivity contribution in [3.63, 3.8) is 0 Å². The molecule has 6 nitrogen and oxygen atoms in total. The van der Waals surface area contributed by atoms with Crippen LogP contribution in [-0.4, -0.2) is 44.6 Å². The lowest BCUT2D eigenvalue weighted by Gasteiger charge is -2.40. The highest BCUT2D eigenvalue weighted by molar-refractivity contribution is 7.91. The molecule has 1 aliphatic heterocycles. The van der Waals surface area contributed by atoms with Crippen molar-refractivity contribution >= 4 is 15.5 Å². The lowest BCUT2D eigenvalue weighted by molar-refractivity contribution is 0.0127. The molecule has 2 N–H and O–H groups in total. The van der Waals surface area contributed by atoms with Gasteiger partial charge in [-0.1, -0.05) is 75.9 Å². The summed E-state index contributed by atoms with van der Waals surface area (Å²) < 4.78 is 34.0. The van der Waals surface area contributed by atoms with E-state index in [4.69, 9.17) is 4.74 Å². The van der Waals surface area contributed by atoms with Gasteiger partial charge < -0.3 is 19.8 Å². The third kappa shape index (κ3) is 6.96. The van der Waals surface area contributed by atoms with Crippen LogP contribution in [0.4, 0.5) is 5.69 Å². The lowest BCUT2D eigenvalue weighted by Crippen LogP contribution is -2.43. The summed E-state index contributed by atoms with van der Waals surface area (Å²) in [5.41, 5.74) is 3.56. The summed E-state index contributed by atoms with van der Waals surface area (Å²) in [7, 11) is 0.244. The second-order valence-corrected chi connectivity index (χ2v) is 13.7. The summed E-state index contributed by atoms with van der Waals surface area (Å²) in [5.74, 6) is 0.166. The first kappa shape index (κ1) is 31.1. The van der Waals surface area contributed by atoms with E-state index in [0.29, 0.717) is 35.7 Å². The average Bonchev–Trinajstić information content (AvgIpc) is 3.04. The van der Waals surface area contributed by atoms with Crippen molar-refractivity contribution in [3.05, 3.63) is 89.0 Å². The first-order chi connectivity index (χ1) is 19.6. The summed E-state index contributed by atoms with van der Waals surface area (Å²) in [6.45, 7) is 4.62. The van der Waals surface area contributed by atoms with Gasteiger partial charge in [-0.15, -0.1) is 0 Å². The quantitative estimate of drug-likeness (QED) is 0.256. The molecule has 7 heteroatoms. The monoisotopic (exact) mass is 579 g/mol. The van der Waals surface area contributed by atoms with Crippen LogP contribution >= 0.6 is 0 Å². The number of benzene rings is 3. The second kappa shape index (κ2) is 13.4. The topological polar surface area (TPSA) is 87.1 Å². The number of unbranched alkanes of at least 4 members (excludes halogenated alkanes) is 2. The van der Waals surface area contributed by atoms with Crippen LogP contribution in [-0.2, 0) is 23.1 Å². The van der Waals surface area contributed by atoms with Gasteiger partial charge in [-0.25, -0.2) is 8.42 Å². The highest BCUT2D eigenvalue weighted by Gasteiger charge is 2.49. The largest absolute Gasteiger partial charge is 0.489 e. The zero-order valence-electron chi connectivity index (χ0n) is 24.8. The predicted molar refractivity (Wildman–Crippen MR) is 165 cm³/mol. The molecule has 3 aromatic rings. The number of ether oxygens (including phenoxy) is 1. The molecule has 0 aromatic heterocycles. The van der Waals surface area contributed by atoms with Gasteiger partial charge in [0.25, 0.3) is 0 Å². The Morgan fingerprint density at radius 2 is 1.51 bits per heavy atom. The number of aliphatic hydroxyl groups is 2. The van der Waals surface area contributed by atoms with Gasteiger partial charge in [0.05, 0.1) is 23.4 Å². The average molecular weight is 580 g/mol. The Morgan fingerprint density at radius 1 is 0.902 bits per heavy atom. The molecule has 0 radical (unpaired) electrons. The molecule has 0 saturated carbocycles. The van der Waals surface area contributed by atoms with Crippen LogP contribution in [0.3, 0.4) is 0 Å². The van der Waals surface area contributed by atoms with Crippen LogP contribution in [0.25, 0.3) is 0 Å². The van der Waals surface area contributed by atoms with Gasteiger partial charge >= 0.3 is 0 Å². The van der Waals surface area contributed by atoms with Gasteiger partial charge in [0.1, 0.15) is 12.4 Å². The first-order valence-corrected chi connectivity index (χ1v) is 16.4. The molecule has 3 aromatic carbocycles. The number of sulfone groups is 1. The normalized spacial score (nSPS) is 19.3. The van der Waals surface area contributed by atoms with Crippen molar-refractivity contribution in [2.75, 3.05) is 24.7 Å². The molecule has 4 rings (SSSR count). The standard InChI is InChI=1S/C34H45NO5S/c1-5-7-19-34(20-8-6-2)24-41(38,39)31-18-15-28(35(3)4)21-30(31)32(33(34)37)27-13-16-29(17-14-27)40-23-26-11-9-25(22-36)10-12-26/h9-18,21,32-33,36-37H,5-8,19-20,22-24H2,1-4H3/t32-,33+/m0/s1. The molecule has 0 saturated heterocycles. The smallest absolute Gasteiger partial charge is 0.179 e. The van der Waals surface area contributed by atoms with Crippen molar-refractivity contribution in [2.45, 2.75) is 82.5 Å². The fraction of sp³-hybridized carbons (Fsp3) is 0.471. The Bertz CT molecular complexity index is 1380. The first-order valence-electron chi connectivity index (χ1n) is 14.8. The van der Waals surface area contributed by atoms with E-state index in [1.807, 2.05) is 79.7 Å². The molecule has 1 heterocycles. The zero-order valence-corrected chi connectivity index (χ0v) is 25.7. The van der Waals surface area contributed by atoms with Crippen molar-refractivity contribution < 1.29 is 23.4 Å². The minimum Gasteiger partial charge on any atom is -0.489 e. The highest BCUT2D eigenvalue weighted by atomic mass is 32.2. The van der Waals surface area contributed by atoms with Gasteiger partial charge in [-0.3, -0.25) is 0 Å². The number of rotatable bonds is 12. The SMILES string of the molecule is CCCCC1(CCCC)CS(=O)(=O)c2ccc(N(C)C)cc2[C@H](c2ccc(OCc3ccc(CO)cc3)cc2)[C@H]1O. The summed E-state index contributed by atoms with van der Waals surface area (Å²) in [4.78, 5) is 2.29. The minimum atomic E-state index is -3.63. The molecule has 0 spiro atoms. The maximum atomic E-state index is 14.0. The Hall–Kier alpha value is -2.87. The van der Waals surface area contributed by atoms with Crippen LogP contribution in [0.1, 0.15) is 80.5 Å². The number of hydrogen-bond acceptors (Lipinski definition) is 6. The van der Waals surface area contributed by atoms with Crippen molar-refractivity contribution in [1.29, 1.82) is 0 Å².